The Morgan fingerprint density at radius 3 is 2.75 bits per heavy atom. The molecule has 1 aromatic carbocycles. The van der Waals surface area contributed by atoms with Crippen molar-refractivity contribution in [3.05, 3.63) is 46.5 Å². The topological polar surface area (TPSA) is 65.8 Å². The predicted octanol–water partition coefficient (Wildman–Crippen LogP) is 3.56. The largest absolute Gasteiger partial charge is 0.298 e. The van der Waals surface area contributed by atoms with Gasteiger partial charge in [0.25, 0.3) is 5.91 Å². The van der Waals surface area contributed by atoms with Gasteiger partial charge >= 0.3 is 0 Å². The van der Waals surface area contributed by atoms with Crippen LogP contribution in [-0.2, 0) is 5.41 Å². The standard InChI is InChI=1S/C15H15N3OS/c1-15(2,3)12-9-20-14(17-12)18-13(19)11-6-4-5-10(7-11)8-16/h4-7,9H,1-3H3,(H,17,18,19). The number of benzene rings is 1. The Kier molecular flexibility index (Phi) is 3.86. The van der Waals surface area contributed by atoms with E-state index in [4.69, 9.17) is 5.26 Å². The van der Waals surface area contributed by atoms with Crippen LogP contribution >= 0.6 is 11.3 Å². The Hall–Kier alpha value is -2.19. The third-order valence-corrected chi connectivity index (χ3v) is 3.50. The first-order valence-corrected chi connectivity index (χ1v) is 7.05. The Labute approximate surface area is 122 Å². The maximum atomic E-state index is 12.1. The van der Waals surface area contributed by atoms with E-state index in [-0.39, 0.29) is 11.3 Å². The van der Waals surface area contributed by atoms with Gasteiger partial charge in [-0.2, -0.15) is 5.26 Å². The van der Waals surface area contributed by atoms with Crippen LogP contribution in [0.4, 0.5) is 5.13 Å². The van der Waals surface area contributed by atoms with E-state index < -0.39 is 0 Å². The van der Waals surface area contributed by atoms with Crippen LogP contribution in [0.1, 0.15) is 42.4 Å². The van der Waals surface area contributed by atoms with Gasteiger partial charge in [-0.3, -0.25) is 10.1 Å². The highest BCUT2D eigenvalue weighted by molar-refractivity contribution is 7.14. The van der Waals surface area contributed by atoms with E-state index in [2.05, 4.69) is 31.1 Å². The molecule has 5 heteroatoms. The quantitative estimate of drug-likeness (QED) is 0.917. The van der Waals surface area contributed by atoms with Crippen molar-refractivity contribution in [3.63, 3.8) is 0 Å². The van der Waals surface area contributed by atoms with Crippen molar-refractivity contribution in [1.82, 2.24) is 4.98 Å². The van der Waals surface area contributed by atoms with Crippen LogP contribution in [0, 0.1) is 11.3 Å². The van der Waals surface area contributed by atoms with E-state index in [1.165, 1.54) is 11.3 Å². The van der Waals surface area contributed by atoms with Gasteiger partial charge in [-0.15, -0.1) is 11.3 Å². The van der Waals surface area contributed by atoms with Gasteiger partial charge in [0.2, 0.25) is 0 Å². The lowest BCUT2D eigenvalue weighted by molar-refractivity contribution is 0.102. The highest BCUT2D eigenvalue weighted by Crippen LogP contribution is 2.26. The number of amides is 1. The van der Waals surface area contributed by atoms with Crippen LogP contribution in [0.3, 0.4) is 0 Å². The van der Waals surface area contributed by atoms with Crippen LogP contribution in [0.15, 0.2) is 29.6 Å². The van der Waals surface area contributed by atoms with Crippen LogP contribution in [-0.4, -0.2) is 10.9 Å². The molecule has 2 rings (SSSR count). The minimum absolute atomic E-state index is 0.0415. The normalized spacial score (nSPS) is 10.9. The van der Waals surface area contributed by atoms with E-state index in [0.29, 0.717) is 16.3 Å². The molecule has 0 saturated carbocycles. The van der Waals surface area contributed by atoms with Crippen LogP contribution in [0.25, 0.3) is 0 Å². The average Bonchev–Trinajstić information content (AvgIpc) is 2.87. The average molecular weight is 285 g/mol. The Morgan fingerprint density at radius 2 is 2.15 bits per heavy atom. The van der Waals surface area contributed by atoms with Gasteiger partial charge < -0.3 is 0 Å². The molecule has 1 N–H and O–H groups in total. The summed E-state index contributed by atoms with van der Waals surface area (Å²) < 4.78 is 0. The maximum Gasteiger partial charge on any atom is 0.257 e. The first-order chi connectivity index (χ1) is 9.40. The number of anilines is 1. The highest BCUT2D eigenvalue weighted by Gasteiger charge is 2.18. The van der Waals surface area contributed by atoms with Crippen molar-refractivity contribution in [3.8, 4) is 6.07 Å². The summed E-state index contributed by atoms with van der Waals surface area (Å²) in [5, 5.41) is 14.1. The first-order valence-electron chi connectivity index (χ1n) is 6.17. The van der Waals surface area contributed by atoms with Gasteiger partial charge in [-0.1, -0.05) is 26.8 Å². The van der Waals surface area contributed by atoms with Gasteiger partial charge in [0.1, 0.15) is 0 Å². The maximum absolute atomic E-state index is 12.1. The first kappa shape index (κ1) is 14.2. The van der Waals surface area contributed by atoms with E-state index >= 15 is 0 Å². The summed E-state index contributed by atoms with van der Waals surface area (Å²) in [4.78, 5) is 16.5. The molecule has 0 aliphatic carbocycles. The molecule has 1 amide bonds. The predicted molar refractivity (Wildman–Crippen MR) is 79.9 cm³/mol. The van der Waals surface area contributed by atoms with Crippen molar-refractivity contribution >= 4 is 22.4 Å². The second-order valence-electron chi connectivity index (χ2n) is 5.43. The molecule has 0 atom stereocenters. The number of thiazole rings is 1. The molecule has 0 radical (unpaired) electrons. The van der Waals surface area contributed by atoms with E-state index in [1.807, 2.05) is 11.4 Å². The molecule has 0 bridgehead atoms. The fourth-order valence-corrected chi connectivity index (χ4v) is 2.51. The third-order valence-electron chi connectivity index (χ3n) is 2.75. The molecule has 1 aromatic heterocycles. The lowest BCUT2D eigenvalue weighted by Gasteiger charge is -2.14. The highest BCUT2D eigenvalue weighted by atomic mass is 32.1. The van der Waals surface area contributed by atoms with Crippen molar-refractivity contribution < 1.29 is 4.79 Å². The van der Waals surface area contributed by atoms with E-state index in [1.54, 1.807) is 24.3 Å². The van der Waals surface area contributed by atoms with Gasteiger partial charge in [-0.25, -0.2) is 4.98 Å². The number of nitriles is 1. The van der Waals surface area contributed by atoms with Crippen LogP contribution in [0.5, 0.6) is 0 Å². The van der Waals surface area contributed by atoms with Crippen LogP contribution in [0.2, 0.25) is 0 Å². The molecular weight excluding hydrogens is 270 g/mol. The molecule has 0 saturated heterocycles. The van der Waals surface area contributed by atoms with Gasteiger partial charge in [0.15, 0.2) is 5.13 Å². The number of carbonyl (C=O) groups excluding carboxylic acids is 1. The number of aromatic nitrogens is 1. The summed E-state index contributed by atoms with van der Waals surface area (Å²) in [7, 11) is 0. The lowest BCUT2D eigenvalue weighted by Crippen LogP contribution is -2.14. The molecule has 20 heavy (non-hydrogen) atoms. The second kappa shape index (κ2) is 5.43. The summed E-state index contributed by atoms with van der Waals surface area (Å²) in [6.07, 6.45) is 0. The van der Waals surface area contributed by atoms with Crippen molar-refractivity contribution in [2.24, 2.45) is 0 Å². The summed E-state index contributed by atoms with van der Waals surface area (Å²) in [5.41, 5.74) is 1.83. The summed E-state index contributed by atoms with van der Waals surface area (Å²) in [6.45, 7) is 6.22. The number of hydrogen-bond donors (Lipinski definition) is 1. The molecule has 4 nitrogen and oxygen atoms in total. The zero-order valence-electron chi connectivity index (χ0n) is 11.6. The Bertz CT molecular complexity index is 677. The minimum atomic E-state index is -0.253. The van der Waals surface area contributed by atoms with Gasteiger partial charge in [0, 0.05) is 16.4 Å². The summed E-state index contributed by atoms with van der Waals surface area (Å²) >= 11 is 1.40. The fraction of sp³-hybridized carbons (Fsp3) is 0.267. The molecule has 2 aromatic rings. The summed E-state index contributed by atoms with van der Waals surface area (Å²) in [6, 6.07) is 8.61. The SMILES string of the molecule is CC(C)(C)c1csc(NC(=O)c2cccc(C#N)c2)n1. The number of nitrogens with zero attached hydrogens (tertiary/aromatic N) is 2. The molecule has 0 unspecified atom stereocenters. The monoisotopic (exact) mass is 285 g/mol. The molecule has 1 heterocycles. The number of rotatable bonds is 2. The fourth-order valence-electron chi connectivity index (χ4n) is 1.57. The third kappa shape index (κ3) is 3.22. The van der Waals surface area contributed by atoms with Crippen molar-refractivity contribution in [1.29, 1.82) is 5.26 Å². The zero-order valence-corrected chi connectivity index (χ0v) is 12.4. The number of hydrogen-bond acceptors (Lipinski definition) is 4. The molecule has 0 fully saturated rings. The molecule has 0 aliphatic rings. The molecule has 102 valence electrons. The van der Waals surface area contributed by atoms with Gasteiger partial charge in [0.05, 0.1) is 17.3 Å². The Balaban J connectivity index is 2.16. The van der Waals surface area contributed by atoms with Crippen LogP contribution < -0.4 is 5.32 Å². The second-order valence-corrected chi connectivity index (χ2v) is 6.29. The van der Waals surface area contributed by atoms with Gasteiger partial charge in [-0.05, 0) is 18.2 Å². The smallest absolute Gasteiger partial charge is 0.257 e. The minimum Gasteiger partial charge on any atom is -0.298 e. The zero-order chi connectivity index (χ0) is 14.8. The molecular formula is C15H15N3OS. The number of carbonyl (C=O) groups is 1. The van der Waals surface area contributed by atoms with E-state index in [9.17, 15) is 4.79 Å². The molecule has 0 aliphatic heterocycles. The Morgan fingerprint density at radius 1 is 1.40 bits per heavy atom. The van der Waals surface area contributed by atoms with E-state index in [0.717, 1.165) is 5.69 Å². The lowest BCUT2D eigenvalue weighted by atomic mass is 9.93. The van der Waals surface area contributed by atoms with Crippen molar-refractivity contribution in [2.75, 3.05) is 5.32 Å². The molecule has 0 spiro atoms. The number of nitrogens with one attached hydrogen (secondary N) is 1. The summed E-state index contributed by atoms with van der Waals surface area (Å²) in [5.74, 6) is -0.253. The van der Waals surface area contributed by atoms with Crippen molar-refractivity contribution in [2.45, 2.75) is 26.2 Å².